The van der Waals surface area contributed by atoms with Crippen molar-refractivity contribution in [1.82, 2.24) is 4.90 Å². The van der Waals surface area contributed by atoms with Crippen molar-refractivity contribution in [3.05, 3.63) is 71.0 Å². The second-order valence-corrected chi connectivity index (χ2v) is 8.10. The summed E-state index contributed by atoms with van der Waals surface area (Å²) in [6, 6.07) is 9.40. The first-order valence-electron chi connectivity index (χ1n) is 12.2. The van der Waals surface area contributed by atoms with Gasteiger partial charge in [-0.1, -0.05) is 63.9 Å². The zero-order valence-electron chi connectivity index (χ0n) is 21.6. The molecule has 2 aromatic rings. The first-order chi connectivity index (χ1) is 17.3. The van der Waals surface area contributed by atoms with Crippen LogP contribution in [0.2, 0.25) is 0 Å². The third-order valence-corrected chi connectivity index (χ3v) is 5.22. The smallest absolute Gasteiger partial charge is 0.416 e. The summed E-state index contributed by atoms with van der Waals surface area (Å²) in [4.78, 5) is 11.1. The number of benzene rings is 2. The first-order valence-corrected chi connectivity index (χ1v) is 12.2. The molecule has 0 spiro atoms. The monoisotopic (exact) mass is 539 g/mol. The predicted molar refractivity (Wildman–Crippen MR) is 130 cm³/mol. The molecule has 0 aromatic heterocycles. The number of hydrogen-bond acceptors (Lipinski definition) is 2. The van der Waals surface area contributed by atoms with Crippen LogP contribution in [0.5, 0.6) is 0 Å². The lowest BCUT2D eigenvalue weighted by Gasteiger charge is -2.36. The molecule has 0 bridgehead atoms. The molecule has 1 heterocycles. The average molecular weight is 540 g/mol. The molecule has 1 N–H and O–H groups in total. The van der Waals surface area contributed by atoms with Crippen molar-refractivity contribution >= 4 is 5.97 Å². The van der Waals surface area contributed by atoms with Crippen LogP contribution in [0.3, 0.4) is 0 Å². The highest BCUT2D eigenvalue weighted by Crippen LogP contribution is 2.32. The molecular formula is C27H36F7NO2. The van der Waals surface area contributed by atoms with Crippen molar-refractivity contribution in [3.8, 4) is 0 Å². The Balaban J connectivity index is 0.000000671. The summed E-state index contributed by atoms with van der Waals surface area (Å²) < 4.78 is 87.4. The number of carboxylic acids is 1. The van der Waals surface area contributed by atoms with E-state index in [2.05, 4.69) is 11.8 Å². The van der Waals surface area contributed by atoms with Crippen molar-refractivity contribution in [1.29, 1.82) is 0 Å². The number of hydrogen-bond donors (Lipinski definition) is 1. The van der Waals surface area contributed by atoms with Crippen molar-refractivity contribution < 1.29 is 40.6 Å². The quantitative estimate of drug-likeness (QED) is 0.395. The highest BCUT2D eigenvalue weighted by molar-refractivity contribution is 5.62. The number of carbonyl (C=O) groups is 1. The van der Waals surface area contributed by atoms with E-state index < -0.39 is 35.3 Å². The van der Waals surface area contributed by atoms with Crippen LogP contribution in [-0.2, 0) is 23.7 Å². The lowest BCUT2D eigenvalue weighted by atomic mass is 9.97. The molecule has 2 aromatic carbocycles. The summed E-state index contributed by atoms with van der Waals surface area (Å²) in [5, 5.41) is 7.42. The molecule has 1 saturated heterocycles. The molecule has 3 nitrogen and oxygen atoms in total. The molecule has 0 radical (unpaired) electrons. The number of carboxylic acid groups (broad SMARTS) is 1. The van der Waals surface area contributed by atoms with Gasteiger partial charge in [-0.3, -0.25) is 9.69 Å². The Labute approximate surface area is 214 Å². The van der Waals surface area contributed by atoms with Gasteiger partial charge >= 0.3 is 12.4 Å². The summed E-state index contributed by atoms with van der Waals surface area (Å²) in [6.07, 6.45) is -3.36. The number of halogens is 7. The summed E-state index contributed by atoms with van der Waals surface area (Å²) in [5.74, 6) is -1.39. The fourth-order valence-electron chi connectivity index (χ4n) is 3.65. The number of nitrogens with zero attached hydrogens (tertiary/aromatic N) is 1. The largest absolute Gasteiger partial charge is 0.481 e. The van der Waals surface area contributed by atoms with Crippen LogP contribution in [0.4, 0.5) is 30.7 Å². The van der Waals surface area contributed by atoms with Gasteiger partial charge in [0.05, 0.1) is 11.1 Å². The van der Waals surface area contributed by atoms with E-state index in [0.717, 1.165) is 75.9 Å². The number of aliphatic carboxylic acids is 1. The topological polar surface area (TPSA) is 40.5 Å². The lowest BCUT2D eigenvalue weighted by Crippen LogP contribution is -2.39. The fraction of sp³-hybridized carbons (Fsp3) is 0.519. The fourth-order valence-corrected chi connectivity index (χ4v) is 3.65. The molecule has 1 unspecified atom stereocenters. The van der Waals surface area contributed by atoms with E-state index in [1.54, 1.807) is 6.07 Å². The van der Waals surface area contributed by atoms with Gasteiger partial charge < -0.3 is 5.11 Å². The zero-order valence-corrected chi connectivity index (χ0v) is 21.6. The minimum absolute atomic E-state index is 0.146. The Bertz CT molecular complexity index is 894. The van der Waals surface area contributed by atoms with Crippen LogP contribution in [-0.4, -0.2) is 28.6 Å². The van der Waals surface area contributed by atoms with Crippen molar-refractivity contribution in [3.63, 3.8) is 0 Å². The predicted octanol–water partition coefficient (Wildman–Crippen LogP) is 8.82. The van der Waals surface area contributed by atoms with Gasteiger partial charge in [-0.05, 0) is 44.0 Å². The van der Waals surface area contributed by atoms with Gasteiger partial charge in [0, 0.05) is 25.1 Å². The summed E-state index contributed by atoms with van der Waals surface area (Å²) in [6.45, 7) is 8.28. The summed E-state index contributed by atoms with van der Waals surface area (Å²) in [7, 11) is 0. The Morgan fingerprint density at radius 3 is 1.95 bits per heavy atom. The van der Waals surface area contributed by atoms with Crippen LogP contribution < -0.4 is 0 Å². The molecular weight excluding hydrogens is 503 g/mol. The zero-order chi connectivity index (χ0) is 28.6. The Morgan fingerprint density at radius 1 is 0.946 bits per heavy atom. The maximum absolute atomic E-state index is 13.8. The minimum Gasteiger partial charge on any atom is -0.481 e. The Hall–Kier alpha value is -2.62. The Kier molecular flexibility index (Phi) is 15.8. The molecule has 10 heteroatoms. The third-order valence-electron chi connectivity index (χ3n) is 5.22. The molecule has 1 fully saturated rings. The number of alkyl halides is 6. The molecule has 0 amide bonds. The van der Waals surface area contributed by atoms with Crippen molar-refractivity contribution in [2.24, 2.45) is 0 Å². The average Bonchev–Trinajstić information content (AvgIpc) is 2.82. The molecule has 0 aliphatic carbocycles. The Morgan fingerprint density at radius 2 is 1.49 bits per heavy atom. The maximum Gasteiger partial charge on any atom is 0.416 e. The van der Waals surface area contributed by atoms with Gasteiger partial charge in [0.1, 0.15) is 5.82 Å². The molecule has 1 aliphatic rings. The van der Waals surface area contributed by atoms with E-state index >= 15 is 0 Å². The van der Waals surface area contributed by atoms with Gasteiger partial charge in [0.25, 0.3) is 5.97 Å². The van der Waals surface area contributed by atoms with Gasteiger partial charge in [0.15, 0.2) is 0 Å². The molecule has 210 valence electrons. The van der Waals surface area contributed by atoms with E-state index in [1.807, 2.05) is 13.8 Å². The van der Waals surface area contributed by atoms with E-state index in [9.17, 15) is 30.7 Å². The molecule has 37 heavy (non-hydrogen) atoms. The number of piperidine rings is 1. The van der Waals surface area contributed by atoms with E-state index in [0.29, 0.717) is 6.04 Å². The second-order valence-electron chi connectivity index (χ2n) is 8.10. The van der Waals surface area contributed by atoms with Crippen LogP contribution in [0.15, 0.2) is 48.5 Å². The summed E-state index contributed by atoms with van der Waals surface area (Å²) in [5.41, 5.74) is -1.23. The first kappa shape index (κ1) is 34.4. The number of rotatable bonds is 4. The highest BCUT2D eigenvalue weighted by Gasteiger charge is 2.32. The van der Waals surface area contributed by atoms with Crippen LogP contribution in [0, 0.1) is 5.82 Å². The van der Waals surface area contributed by atoms with Gasteiger partial charge in [-0.25, -0.2) is 4.39 Å². The van der Waals surface area contributed by atoms with Crippen molar-refractivity contribution in [2.45, 2.75) is 84.7 Å². The second kappa shape index (κ2) is 17.0. The molecule has 0 saturated carbocycles. The lowest BCUT2D eigenvalue weighted by molar-refractivity contribution is -0.138. The van der Waals surface area contributed by atoms with Crippen LogP contribution >= 0.6 is 0 Å². The van der Waals surface area contributed by atoms with Crippen molar-refractivity contribution in [2.75, 3.05) is 6.54 Å². The molecule has 1 aliphatic heterocycles. The number of likely N-dealkylation sites (tertiary alicyclic amines) is 1. The van der Waals surface area contributed by atoms with E-state index in [-0.39, 0.29) is 12.1 Å². The molecule has 3 rings (SSSR count). The van der Waals surface area contributed by atoms with Crippen LogP contribution in [0.1, 0.15) is 76.5 Å². The SMILES string of the molecule is CC.CC(=O)O.CCCC1CCCCN1Cc1cc(C(F)(F)F)ccc1F.FC(F)(F)c1ccccc1. The highest BCUT2D eigenvalue weighted by atomic mass is 19.4. The van der Waals surface area contributed by atoms with E-state index in [4.69, 9.17) is 9.90 Å². The van der Waals surface area contributed by atoms with Crippen LogP contribution in [0.25, 0.3) is 0 Å². The normalized spacial score (nSPS) is 15.7. The van der Waals surface area contributed by atoms with Gasteiger partial charge in [-0.15, -0.1) is 0 Å². The maximum atomic E-state index is 13.8. The van der Waals surface area contributed by atoms with Gasteiger partial charge in [-0.2, -0.15) is 26.3 Å². The van der Waals surface area contributed by atoms with E-state index in [1.165, 1.54) is 12.1 Å². The van der Waals surface area contributed by atoms with Gasteiger partial charge in [0.2, 0.25) is 0 Å². The summed E-state index contributed by atoms with van der Waals surface area (Å²) >= 11 is 0. The standard InChI is InChI=1S/C16H21F4N.C7H5F3.C2H4O2.C2H6/c1-2-5-14-6-3-4-9-21(14)11-12-10-13(16(18,19)20)7-8-15(12)17;8-7(9,10)6-4-2-1-3-5-6;1-2(3)4;1-2/h7-8,10,14H,2-6,9,11H2,1H3;1-5H;1H3,(H,3,4);1-2H3. The minimum atomic E-state index is -4.42. The molecule has 1 atom stereocenters. The third kappa shape index (κ3) is 14.0.